The molecule has 3 atom stereocenters. The summed E-state index contributed by atoms with van der Waals surface area (Å²) in [6, 6.07) is 0.696. The Balaban J connectivity index is 1.55. The molecule has 17 heavy (non-hydrogen) atoms. The molecule has 1 heterocycles. The van der Waals surface area contributed by atoms with Crippen LogP contribution in [0, 0.1) is 11.3 Å². The molecule has 3 unspecified atom stereocenters. The van der Waals surface area contributed by atoms with Gasteiger partial charge in [-0.3, -0.25) is 0 Å². The molecular formula is C13H22N2O2. The Labute approximate surface area is 102 Å². The molecule has 1 aliphatic heterocycles. The van der Waals surface area contributed by atoms with Crippen molar-refractivity contribution in [2.75, 3.05) is 6.61 Å². The van der Waals surface area contributed by atoms with Gasteiger partial charge in [0.05, 0.1) is 6.10 Å². The molecule has 3 rings (SSSR count). The van der Waals surface area contributed by atoms with Gasteiger partial charge in [-0.1, -0.05) is 13.8 Å². The van der Waals surface area contributed by atoms with E-state index in [9.17, 15) is 4.79 Å². The maximum Gasteiger partial charge on any atom is 0.315 e. The Morgan fingerprint density at radius 1 is 1.24 bits per heavy atom. The van der Waals surface area contributed by atoms with E-state index in [0.29, 0.717) is 18.1 Å². The molecule has 96 valence electrons. The molecule has 0 aromatic heterocycles. The third kappa shape index (κ3) is 1.73. The van der Waals surface area contributed by atoms with Crippen molar-refractivity contribution >= 4 is 6.03 Å². The lowest BCUT2D eigenvalue weighted by Crippen LogP contribution is -2.68. The average molecular weight is 238 g/mol. The molecule has 0 radical (unpaired) electrons. The Morgan fingerprint density at radius 2 is 2.00 bits per heavy atom. The molecule has 2 amide bonds. The second-order valence-corrected chi connectivity index (χ2v) is 6.29. The lowest BCUT2D eigenvalue weighted by Gasteiger charge is -2.54. The Kier molecular flexibility index (Phi) is 2.58. The molecule has 2 N–H and O–H groups in total. The fourth-order valence-electron chi connectivity index (χ4n) is 3.54. The van der Waals surface area contributed by atoms with Crippen LogP contribution in [0.25, 0.3) is 0 Å². The smallest absolute Gasteiger partial charge is 0.315 e. The molecule has 0 bridgehead atoms. The van der Waals surface area contributed by atoms with E-state index in [1.54, 1.807) is 0 Å². The van der Waals surface area contributed by atoms with Crippen molar-refractivity contribution in [2.24, 2.45) is 11.3 Å². The fourth-order valence-corrected chi connectivity index (χ4v) is 3.54. The maximum absolute atomic E-state index is 11.9. The summed E-state index contributed by atoms with van der Waals surface area (Å²) in [7, 11) is 0. The van der Waals surface area contributed by atoms with E-state index in [1.165, 1.54) is 6.42 Å². The van der Waals surface area contributed by atoms with E-state index in [0.717, 1.165) is 25.9 Å². The van der Waals surface area contributed by atoms with E-state index >= 15 is 0 Å². The molecular weight excluding hydrogens is 216 g/mol. The number of urea groups is 1. The van der Waals surface area contributed by atoms with Gasteiger partial charge < -0.3 is 15.4 Å². The molecule has 0 aromatic carbocycles. The van der Waals surface area contributed by atoms with Crippen LogP contribution in [-0.2, 0) is 4.74 Å². The highest BCUT2D eigenvalue weighted by molar-refractivity contribution is 5.75. The molecule has 1 saturated heterocycles. The second kappa shape index (κ2) is 3.87. The van der Waals surface area contributed by atoms with Crippen LogP contribution in [0.2, 0.25) is 0 Å². The number of nitrogens with one attached hydrogen (secondary N) is 2. The van der Waals surface area contributed by atoms with Crippen molar-refractivity contribution in [1.29, 1.82) is 0 Å². The zero-order valence-corrected chi connectivity index (χ0v) is 10.7. The summed E-state index contributed by atoms with van der Waals surface area (Å²) >= 11 is 0. The van der Waals surface area contributed by atoms with Crippen molar-refractivity contribution < 1.29 is 9.53 Å². The second-order valence-electron chi connectivity index (χ2n) is 6.29. The summed E-state index contributed by atoms with van der Waals surface area (Å²) in [6.07, 6.45) is 4.95. The van der Waals surface area contributed by atoms with Gasteiger partial charge in [-0.25, -0.2) is 4.79 Å². The van der Waals surface area contributed by atoms with Crippen molar-refractivity contribution in [3.8, 4) is 0 Å². The number of carbonyl (C=O) groups is 1. The minimum absolute atomic E-state index is 0.0122. The molecule has 3 fully saturated rings. The number of hydrogen-bond acceptors (Lipinski definition) is 2. The maximum atomic E-state index is 11.9. The van der Waals surface area contributed by atoms with Crippen LogP contribution in [0.3, 0.4) is 0 Å². The highest BCUT2D eigenvalue weighted by Gasteiger charge is 2.59. The zero-order valence-electron chi connectivity index (χ0n) is 10.7. The minimum atomic E-state index is 0.0122. The monoisotopic (exact) mass is 238 g/mol. The summed E-state index contributed by atoms with van der Waals surface area (Å²) < 4.78 is 5.72. The SMILES string of the molecule is CC1(C)C(NC(=O)NC2CCC2)C2CCOC21. The van der Waals surface area contributed by atoms with Gasteiger partial charge in [0.2, 0.25) is 0 Å². The molecule has 0 aromatic rings. The first-order valence-corrected chi connectivity index (χ1v) is 6.77. The number of rotatable bonds is 2. The van der Waals surface area contributed by atoms with E-state index in [2.05, 4.69) is 24.5 Å². The molecule has 4 heteroatoms. The summed E-state index contributed by atoms with van der Waals surface area (Å²) in [5.41, 5.74) is 0.0815. The van der Waals surface area contributed by atoms with E-state index < -0.39 is 0 Å². The van der Waals surface area contributed by atoms with Crippen LogP contribution >= 0.6 is 0 Å². The van der Waals surface area contributed by atoms with Crippen LogP contribution in [0.5, 0.6) is 0 Å². The first kappa shape index (κ1) is 11.3. The van der Waals surface area contributed by atoms with Crippen molar-refractivity contribution in [3.05, 3.63) is 0 Å². The van der Waals surface area contributed by atoms with Gasteiger partial charge in [0.1, 0.15) is 0 Å². The third-order valence-corrected chi connectivity index (χ3v) is 4.83. The lowest BCUT2D eigenvalue weighted by molar-refractivity contribution is -0.108. The Morgan fingerprint density at radius 3 is 2.65 bits per heavy atom. The first-order chi connectivity index (χ1) is 8.09. The third-order valence-electron chi connectivity index (χ3n) is 4.83. The van der Waals surface area contributed by atoms with Crippen LogP contribution in [0.1, 0.15) is 39.5 Å². The summed E-state index contributed by atoms with van der Waals surface area (Å²) in [6.45, 7) is 5.22. The number of carbonyl (C=O) groups excluding carboxylic acids is 1. The molecule has 0 spiro atoms. The highest BCUT2D eigenvalue weighted by atomic mass is 16.5. The summed E-state index contributed by atoms with van der Waals surface area (Å²) in [5.74, 6) is 0.525. The predicted molar refractivity (Wildman–Crippen MR) is 64.7 cm³/mol. The van der Waals surface area contributed by atoms with Gasteiger partial charge in [0.25, 0.3) is 0 Å². The van der Waals surface area contributed by atoms with Gasteiger partial charge >= 0.3 is 6.03 Å². The van der Waals surface area contributed by atoms with E-state index in [1.807, 2.05) is 0 Å². The average Bonchev–Trinajstić information content (AvgIpc) is 2.66. The number of ether oxygens (including phenoxy) is 1. The van der Waals surface area contributed by atoms with Crippen molar-refractivity contribution in [2.45, 2.75) is 57.7 Å². The standard InChI is InChI=1S/C13H22N2O2/c1-13(2)10(9-6-7-17-11(9)13)15-12(16)14-8-4-3-5-8/h8-11H,3-7H2,1-2H3,(H2,14,15,16). The van der Waals surface area contributed by atoms with Crippen molar-refractivity contribution in [3.63, 3.8) is 0 Å². The molecule has 3 aliphatic rings. The van der Waals surface area contributed by atoms with E-state index in [-0.39, 0.29) is 17.5 Å². The van der Waals surface area contributed by atoms with Crippen LogP contribution in [-0.4, -0.2) is 30.8 Å². The van der Waals surface area contributed by atoms with Gasteiger partial charge in [0, 0.05) is 30.0 Å². The normalized spacial score (nSPS) is 38.8. The number of hydrogen-bond donors (Lipinski definition) is 2. The molecule has 4 nitrogen and oxygen atoms in total. The van der Waals surface area contributed by atoms with Gasteiger partial charge in [0.15, 0.2) is 0 Å². The minimum Gasteiger partial charge on any atom is -0.377 e. The van der Waals surface area contributed by atoms with Crippen LogP contribution in [0.15, 0.2) is 0 Å². The number of amides is 2. The highest BCUT2D eigenvalue weighted by Crippen LogP contribution is 2.52. The fraction of sp³-hybridized carbons (Fsp3) is 0.923. The van der Waals surface area contributed by atoms with Gasteiger partial charge in [-0.2, -0.15) is 0 Å². The molecule has 2 aliphatic carbocycles. The largest absolute Gasteiger partial charge is 0.377 e. The quantitative estimate of drug-likeness (QED) is 0.768. The van der Waals surface area contributed by atoms with E-state index in [4.69, 9.17) is 4.74 Å². The van der Waals surface area contributed by atoms with Crippen molar-refractivity contribution in [1.82, 2.24) is 10.6 Å². The van der Waals surface area contributed by atoms with Gasteiger partial charge in [-0.15, -0.1) is 0 Å². The first-order valence-electron chi connectivity index (χ1n) is 6.77. The molecule has 2 saturated carbocycles. The Hall–Kier alpha value is -0.770. The van der Waals surface area contributed by atoms with Crippen LogP contribution < -0.4 is 10.6 Å². The topological polar surface area (TPSA) is 50.4 Å². The lowest BCUT2D eigenvalue weighted by atomic mass is 9.57. The van der Waals surface area contributed by atoms with Crippen LogP contribution in [0.4, 0.5) is 4.79 Å². The zero-order chi connectivity index (χ0) is 12.0. The van der Waals surface area contributed by atoms with Gasteiger partial charge in [-0.05, 0) is 25.7 Å². The summed E-state index contributed by atoms with van der Waals surface area (Å²) in [5, 5.41) is 6.19. The number of fused-ring (bicyclic) bond motifs is 1. The Bertz CT molecular complexity index is 325. The predicted octanol–water partition coefficient (Wildman–Crippen LogP) is 1.65. The summed E-state index contributed by atoms with van der Waals surface area (Å²) in [4.78, 5) is 11.9.